The SMILES string of the molecule is C[C@H](c1nc2ccccc2s1)N(C)C(=O)CSc1nnc(C2CC2)n1C1CC1. The summed E-state index contributed by atoms with van der Waals surface area (Å²) in [5.41, 5.74) is 0.995. The molecule has 1 aromatic carbocycles. The number of thiazole rings is 1. The van der Waals surface area contributed by atoms with Gasteiger partial charge >= 0.3 is 0 Å². The van der Waals surface area contributed by atoms with Crippen molar-refractivity contribution in [3.63, 3.8) is 0 Å². The molecule has 0 unspecified atom stereocenters. The van der Waals surface area contributed by atoms with Crippen molar-refractivity contribution >= 4 is 39.2 Å². The van der Waals surface area contributed by atoms with E-state index in [1.54, 1.807) is 16.2 Å². The van der Waals surface area contributed by atoms with Crippen molar-refractivity contribution in [2.75, 3.05) is 12.8 Å². The van der Waals surface area contributed by atoms with E-state index in [1.165, 1.54) is 37.4 Å². The van der Waals surface area contributed by atoms with E-state index in [0.29, 0.717) is 17.7 Å². The molecule has 0 saturated heterocycles. The fourth-order valence-electron chi connectivity index (χ4n) is 3.36. The predicted molar refractivity (Wildman–Crippen MR) is 112 cm³/mol. The number of thioether (sulfide) groups is 1. The quantitative estimate of drug-likeness (QED) is 0.537. The number of nitrogens with zero attached hydrogens (tertiary/aromatic N) is 5. The second-order valence-corrected chi connectivity index (χ2v) is 9.71. The van der Waals surface area contributed by atoms with Gasteiger partial charge in [-0.2, -0.15) is 0 Å². The normalized spacial score (nSPS) is 17.8. The first-order valence-electron chi connectivity index (χ1n) is 9.80. The Morgan fingerprint density at radius 2 is 2.07 bits per heavy atom. The Morgan fingerprint density at radius 3 is 2.79 bits per heavy atom. The number of hydrogen-bond donors (Lipinski definition) is 0. The molecular formula is C20H23N5OS2. The van der Waals surface area contributed by atoms with E-state index in [2.05, 4.69) is 20.8 Å². The van der Waals surface area contributed by atoms with Gasteiger partial charge in [0.1, 0.15) is 10.8 Å². The summed E-state index contributed by atoms with van der Waals surface area (Å²) in [6, 6.07) is 8.60. The van der Waals surface area contributed by atoms with Gasteiger partial charge in [-0.05, 0) is 44.7 Å². The average Bonchev–Trinajstić information content (AvgIpc) is 3.64. The van der Waals surface area contributed by atoms with Crippen LogP contribution in [-0.2, 0) is 4.79 Å². The van der Waals surface area contributed by atoms with Crippen LogP contribution < -0.4 is 0 Å². The zero-order chi connectivity index (χ0) is 19.3. The smallest absolute Gasteiger partial charge is 0.233 e. The number of carbonyl (C=O) groups is 1. The lowest BCUT2D eigenvalue weighted by atomic mass is 10.3. The predicted octanol–water partition coefficient (Wildman–Crippen LogP) is 4.41. The molecule has 28 heavy (non-hydrogen) atoms. The molecule has 0 spiro atoms. The van der Waals surface area contributed by atoms with Crippen molar-refractivity contribution < 1.29 is 4.79 Å². The summed E-state index contributed by atoms with van der Waals surface area (Å²) in [6.45, 7) is 2.04. The van der Waals surface area contributed by atoms with Crippen LogP contribution in [0.1, 0.15) is 61.4 Å². The topological polar surface area (TPSA) is 63.9 Å². The summed E-state index contributed by atoms with van der Waals surface area (Å²) >= 11 is 3.17. The van der Waals surface area contributed by atoms with Crippen molar-refractivity contribution in [2.45, 2.75) is 55.8 Å². The summed E-state index contributed by atoms with van der Waals surface area (Å²) in [6.07, 6.45) is 4.84. The Kier molecular flexibility index (Phi) is 4.63. The summed E-state index contributed by atoms with van der Waals surface area (Å²) in [5, 5.41) is 10.7. The first-order chi connectivity index (χ1) is 13.6. The van der Waals surface area contributed by atoms with Gasteiger partial charge in [-0.3, -0.25) is 4.79 Å². The van der Waals surface area contributed by atoms with Crippen LogP contribution in [0.25, 0.3) is 10.2 Å². The number of rotatable bonds is 7. The van der Waals surface area contributed by atoms with Crippen LogP contribution in [0.2, 0.25) is 0 Å². The van der Waals surface area contributed by atoms with Crippen molar-refractivity contribution in [3.8, 4) is 0 Å². The number of benzene rings is 1. The number of fused-ring (bicyclic) bond motifs is 1. The van der Waals surface area contributed by atoms with Gasteiger partial charge < -0.3 is 9.47 Å². The molecule has 0 N–H and O–H groups in total. The van der Waals surface area contributed by atoms with Crippen LogP contribution in [-0.4, -0.2) is 43.4 Å². The van der Waals surface area contributed by atoms with Crippen LogP contribution >= 0.6 is 23.1 Å². The fourth-order valence-corrected chi connectivity index (χ4v) is 5.36. The highest BCUT2D eigenvalue weighted by Crippen LogP contribution is 2.46. The van der Waals surface area contributed by atoms with E-state index < -0.39 is 0 Å². The molecule has 3 aromatic rings. The summed E-state index contributed by atoms with van der Waals surface area (Å²) in [7, 11) is 1.86. The highest BCUT2D eigenvalue weighted by atomic mass is 32.2. The number of amides is 1. The minimum absolute atomic E-state index is 0.0474. The zero-order valence-corrected chi connectivity index (χ0v) is 17.7. The van der Waals surface area contributed by atoms with Crippen LogP contribution in [0, 0.1) is 0 Å². The van der Waals surface area contributed by atoms with Crippen molar-refractivity contribution in [2.24, 2.45) is 0 Å². The summed E-state index contributed by atoms with van der Waals surface area (Å²) < 4.78 is 3.46. The monoisotopic (exact) mass is 413 g/mol. The van der Waals surface area contributed by atoms with Gasteiger partial charge in [0.05, 0.1) is 22.0 Å². The van der Waals surface area contributed by atoms with Gasteiger partial charge in [0, 0.05) is 19.0 Å². The Balaban J connectivity index is 1.26. The lowest BCUT2D eigenvalue weighted by Gasteiger charge is -2.23. The first kappa shape index (κ1) is 18.1. The molecule has 6 nitrogen and oxygen atoms in total. The molecule has 2 heterocycles. The number of aromatic nitrogens is 4. The number of para-hydroxylation sites is 1. The molecule has 0 aliphatic heterocycles. The van der Waals surface area contributed by atoms with E-state index in [-0.39, 0.29) is 11.9 Å². The van der Waals surface area contributed by atoms with E-state index in [4.69, 9.17) is 4.98 Å². The van der Waals surface area contributed by atoms with Crippen LogP contribution in [0.15, 0.2) is 29.4 Å². The largest absolute Gasteiger partial charge is 0.336 e. The average molecular weight is 414 g/mol. The molecule has 1 amide bonds. The lowest BCUT2D eigenvalue weighted by molar-refractivity contribution is -0.128. The number of hydrogen-bond acceptors (Lipinski definition) is 6. The second-order valence-electron chi connectivity index (χ2n) is 7.71. The maximum Gasteiger partial charge on any atom is 0.233 e. The van der Waals surface area contributed by atoms with E-state index in [9.17, 15) is 4.79 Å². The molecular weight excluding hydrogens is 390 g/mol. The highest BCUT2D eigenvalue weighted by molar-refractivity contribution is 7.99. The molecule has 2 fully saturated rings. The Bertz CT molecular complexity index is 988. The zero-order valence-electron chi connectivity index (χ0n) is 16.0. The molecule has 1 atom stereocenters. The van der Waals surface area contributed by atoms with Gasteiger partial charge in [-0.15, -0.1) is 21.5 Å². The van der Waals surface area contributed by atoms with Gasteiger partial charge in [-0.1, -0.05) is 23.9 Å². The van der Waals surface area contributed by atoms with E-state index in [0.717, 1.165) is 26.2 Å². The molecule has 0 bridgehead atoms. The van der Waals surface area contributed by atoms with Crippen LogP contribution in [0.4, 0.5) is 0 Å². The Labute approximate surface area is 172 Å². The Hall–Kier alpha value is -1.93. The molecule has 5 rings (SSSR count). The standard InChI is InChI=1S/C20H23N5OS2/c1-12(19-21-15-5-3-4-6-16(15)28-19)24(2)17(26)11-27-20-23-22-18(13-7-8-13)25(20)14-9-10-14/h3-6,12-14H,7-11H2,1-2H3/t12-/m1/s1. The van der Waals surface area contributed by atoms with E-state index in [1.807, 2.05) is 32.2 Å². The minimum Gasteiger partial charge on any atom is -0.336 e. The molecule has 146 valence electrons. The van der Waals surface area contributed by atoms with Crippen molar-refractivity contribution in [3.05, 3.63) is 35.1 Å². The van der Waals surface area contributed by atoms with Crippen LogP contribution in [0.3, 0.4) is 0 Å². The van der Waals surface area contributed by atoms with Gasteiger partial charge in [0.25, 0.3) is 0 Å². The highest BCUT2D eigenvalue weighted by Gasteiger charge is 2.36. The second kappa shape index (κ2) is 7.15. The van der Waals surface area contributed by atoms with Crippen LogP contribution in [0.5, 0.6) is 0 Å². The maximum absolute atomic E-state index is 12.8. The van der Waals surface area contributed by atoms with Gasteiger partial charge in [-0.25, -0.2) is 4.98 Å². The molecule has 2 aliphatic rings. The first-order valence-corrected chi connectivity index (χ1v) is 11.6. The molecule has 2 saturated carbocycles. The van der Waals surface area contributed by atoms with Crippen molar-refractivity contribution in [1.29, 1.82) is 0 Å². The molecule has 8 heteroatoms. The third-order valence-electron chi connectivity index (χ3n) is 5.51. The number of carbonyl (C=O) groups excluding carboxylic acids is 1. The van der Waals surface area contributed by atoms with Gasteiger partial charge in [0.2, 0.25) is 5.91 Å². The fraction of sp³-hybridized carbons (Fsp3) is 0.500. The molecule has 2 aromatic heterocycles. The third kappa shape index (κ3) is 3.43. The molecule has 0 radical (unpaired) electrons. The minimum atomic E-state index is -0.0474. The summed E-state index contributed by atoms with van der Waals surface area (Å²) in [5.74, 6) is 2.19. The van der Waals surface area contributed by atoms with E-state index >= 15 is 0 Å². The maximum atomic E-state index is 12.8. The molecule has 2 aliphatic carbocycles. The Morgan fingerprint density at radius 1 is 1.29 bits per heavy atom. The third-order valence-corrected chi connectivity index (χ3v) is 7.65. The summed E-state index contributed by atoms with van der Waals surface area (Å²) in [4.78, 5) is 19.3. The van der Waals surface area contributed by atoms with Crippen molar-refractivity contribution in [1.82, 2.24) is 24.6 Å². The van der Waals surface area contributed by atoms with Gasteiger partial charge in [0.15, 0.2) is 5.16 Å². The lowest BCUT2D eigenvalue weighted by Crippen LogP contribution is -2.31.